The standard InChI is InChI=1S/C18H31/c1-17(2)13-12-16(14-8-4-5-9-14)18(17,3)15-10-6-7-11-15/h14-15H,4-13H2,1-3H3. The quantitative estimate of drug-likeness (QED) is 0.581. The van der Waals surface area contributed by atoms with Gasteiger partial charge in [-0.05, 0) is 67.1 Å². The molecular weight excluding hydrogens is 216 g/mol. The van der Waals surface area contributed by atoms with Crippen molar-refractivity contribution in [3.05, 3.63) is 5.92 Å². The summed E-state index contributed by atoms with van der Waals surface area (Å²) in [5.41, 5.74) is 1.12. The first kappa shape index (κ1) is 13.0. The summed E-state index contributed by atoms with van der Waals surface area (Å²) in [6, 6.07) is 0. The fraction of sp³-hybridized carbons (Fsp3) is 0.944. The molecule has 3 saturated carbocycles. The van der Waals surface area contributed by atoms with Gasteiger partial charge in [0, 0.05) is 0 Å². The van der Waals surface area contributed by atoms with E-state index in [4.69, 9.17) is 0 Å². The van der Waals surface area contributed by atoms with Gasteiger partial charge >= 0.3 is 0 Å². The van der Waals surface area contributed by atoms with Crippen LogP contribution in [0.3, 0.4) is 0 Å². The normalized spacial score (nSPS) is 38.8. The van der Waals surface area contributed by atoms with Crippen LogP contribution in [0.15, 0.2) is 0 Å². The highest BCUT2D eigenvalue weighted by Gasteiger charge is 2.57. The maximum Gasteiger partial charge on any atom is -0.0143 e. The molecule has 3 aliphatic carbocycles. The van der Waals surface area contributed by atoms with Gasteiger partial charge < -0.3 is 0 Å². The smallest absolute Gasteiger partial charge is 0.0143 e. The SMILES string of the molecule is CC1(C)CC[C](C2CCCC2)C1(C)C1CCCC1. The van der Waals surface area contributed by atoms with Crippen LogP contribution in [0.4, 0.5) is 0 Å². The molecule has 0 N–H and O–H groups in total. The van der Waals surface area contributed by atoms with Crippen molar-refractivity contribution < 1.29 is 0 Å². The van der Waals surface area contributed by atoms with Gasteiger partial charge in [0.2, 0.25) is 0 Å². The minimum Gasteiger partial charge on any atom is -0.0594 e. The van der Waals surface area contributed by atoms with Crippen molar-refractivity contribution in [2.45, 2.75) is 85.0 Å². The van der Waals surface area contributed by atoms with Crippen LogP contribution < -0.4 is 0 Å². The van der Waals surface area contributed by atoms with E-state index in [1.54, 1.807) is 0 Å². The minimum absolute atomic E-state index is 0.555. The van der Waals surface area contributed by atoms with Gasteiger partial charge in [0.25, 0.3) is 0 Å². The third kappa shape index (κ3) is 1.78. The van der Waals surface area contributed by atoms with Gasteiger partial charge in [0.1, 0.15) is 0 Å². The molecule has 0 heterocycles. The van der Waals surface area contributed by atoms with E-state index < -0.39 is 0 Å². The molecule has 0 aliphatic heterocycles. The maximum atomic E-state index is 2.66. The van der Waals surface area contributed by atoms with E-state index >= 15 is 0 Å². The van der Waals surface area contributed by atoms with Crippen LogP contribution in [0.5, 0.6) is 0 Å². The molecule has 0 saturated heterocycles. The van der Waals surface area contributed by atoms with Crippen molar-refractivity contribution in [1.82, 2.24) is 0 Å². The van der Waals surface area contributed by atoms with Crippen molar-refractivity contribution in [2.24, 2.45) is 22.7 Å². The fourth-order valence-corrected chi connectivity index (χ4v) is 5.62. The van der Waals surface area contributed by atoms with E-state index in [9.17, 15) is 0 Å². The molecule has 1 radical (unpaired) electrons. The van der Waals surface area contributed by atoms with Crippen molar-refractivity contribution in [3.63, 3.8) is 0 Å². The van der Waals surface area contributed by atoms with Crippen molar-refractivity contribution in [1.29, 1.82) is 0 Å². The molecule has 3 aliphatic rings. The lowest BCUT2D eigenvalue weighted by Gasteiger charge is -2.49. The zero-order valence-electron chi connectivity index (χ0n) is 12.7. The molecule has 3 rings (SSSR count). The van der Waals surface area contributed by atoms with Gasteiger partial charge in [-0.3, -0.25) is 0 Å². The average molecular weight is 247 g/mol. The van der Waals surface area contributed by atoms with Crippen LogP contribution in [0.25, 0.3) is 0 Å². The van der Waals surface area contributed by atoms with E-state index in [-0.39, 0.29) is 0 Å². The molecule has 0 amide bonds. The van der Waals surface area contributed by atoms with E-state index in [0.29, 0.717) is 10.8 Å². The fourth-order valence-electron chi connectivity index (χ4n) is 5.62. The van der Waals surface area contributed by atoms with E-state index in [1.165, 1.54) is 64.2 Å². The Morgan fingerprint density at radius 1 is 0.833 bits per heavy atom. The van der Waals surface area contributed by atoms with E-state index in [2.05, 4.69) is 20.8 Å². The van der Waals surface area contributed by atoms with Crippen LogP contribution in [0.2, 0.25) is 0 Å². The molecule has 3 fully saturated rings. The van der Waals surface area contributed by atoms with Gasteiger partial charge in [-0.1, -0.05) is 46.5 Å². The third-order valence-corrected chi connectivity index (χ3v) is 7.11. The minimum atomic E-state index is 0.555. The molecule has 0 aromatic rings. The molecular formula is C18H31. The molecule has 0 aromatic heterocycles. The summed E-state index contributed by atoms with van der Waals surface area (Å²) in [5, 5.41) is 0. The second kappa shape index (κ2) is 4.53. The van der Waals surface area contributed by atoms with Crippen molar-refractivity contribution in [2.75, 3.05) is 0 Å². The van der Waals surface area contributed by atoms with Gasteiger partial charge in [-0.2, -0.15) is 0 Å². The first-order valence-electron chi connectivity index (χ1n) is 8.42. The van der Waals surface area contributed by atoms with Crippen LogP contribution in [0, 0.1) is 28.6 Å². The predicted molar refractivity (Wildman–Crippen MR) is 78.3 cm³/mol. The van der Waals surface area contributed by atoms with Crippen LogP contribution in [-0.2, 0) is 0 Å². The molecule has 1 unspecified atom stereocenters. The maximum absolute atomic E-state index is 2.66. The zero-order chi connectivity index (χ0) is 12.8. The Labute approximate surface area is 114 Å². The summed E-state index contributed by atoms with van der Waals surface area (Å²) in [6.07, 6.45) is 14.9. The molecule has 0 aromatic carbocycles. The lowest BCUT2D eigenvalue weighted by molar-refractivity contribution is 0.0599. The summed E-state index contributed by atoms with van der Waals surface area (Å²) in [5.74, 6) is 4.01. The first-order chi connectivity index (χ1) is 8.56. The Kier molecular flexibility index (Phi) is 3.27. The predicted octanol–water partition coefficient (Wildman–Crippen LogP) is 5.77. The van der Waals surface area contributed by atoms with Crippen LogP contribution >= 0.6 is 0 Å². The summed E-state index contributed by atoms with van der Waals surface area (Å²) in [7, 11) is 0. The van der Waals surface area contributed by atoms with Crippen LogP contribution in [-0.4, -0.2) is 0 Å². The highest BCUT2D eigenvalue weighted by Crippen LogP contribution is 2.67. The van der Waals surface area contributed by atoms with Crippen LogP contribution in [0.1, 0.15) is 85.0 Å². The monoisotopic (exact) mass is 247 g/mol. The second-order valence-electron chi connectivity index (χ2n) is 8.07. The lowest BCUT2D eigenvalue weighted by atomic mass is 9.55. The molecule has 0 spiro atoms. The molecule has 103 valence electrons. The van der Waals surface area contributed by atoms with Gasteiger partial charge in [-0.15, -0.1) is 0 Å². The Morgan fingerprint density at radius 2 is 1.39 bits per heavy atom. The Morgan fingerprint density at radius 3 is 2.00 bits per heavy atom. The molecule has 0 heteroatoms. The summed E-state index contributed by atoms with van der Waals surface area (Å²) >= 11 is 0. The second-order valence-corrected chi connectivity index (χ2v) is 8.07. The molecule has 18 heavy (non-hydrogen) atoms. The van der Waals surface area contributed by atoms with Crippen molar-refractivity contribution in [3.8, 4) is 0 Å². The van der Waals surface area contributed by atoms with E-state index in [0.717, 1.165) is 11.8 Å². The Balaban J connectivity index is 1.88. The summed E-state index contributed by atoms with van der Waals surface area (Å²) in [4.78, 5) is 0. The topological polar surface area (TPSA) is 0 Å². The third-order valence-electron chi connectivity index (χ3n) is 7.11. The molecule has 1 atom stereocenters. The average Bonchev–Trinajstić information content (AvgIpc) is 3.03. The Bertz CT molecular complexity index is 291. The number of hydrogen-bond acceptors (Lipinski definition) is 0. The highest BCUT2D eigenvalue weighted by atomic mass is 14.6. The van der Waals surface area contributed by atoms with Gasteiger partial charge in [0.15, 0.2) is 0 Å². The number of hydrogen-bond donors (Lipinski definition) is 0. The summed E-state index contributed by atoms with van der Waals surface area (Å²) < 4.78 is 0. The number of rotatable bonds is 2. The summed E-state index contributed by atoms with van der Waals surface area (Å²) in [6.45, 7) is 7.78. The molecule has 0 bridgehead atoms. The molecule has 0 nitrogen and oxygen atoms in total. The zero-order valence-corrected chi connectivity index (χ0v) is 12.7. The first-order valence-corrected chi connectivity index (χ1v) is 8.42. The largest absolute Gasteiger partial charge is 0.0594 e. The highest BCUT2D eigenvalue weighted by molar-refractivity contribution is 5.22. The lowest BCUT2D eigenvalue weighted by Crippen LogP contribution is -2.42. The van der Waals surface area contributed by atoms with Crippen molar-refractivity contribution >= 4 is 0 Å². The Hall–Kier alpha value is 0. The van der Waals surface area contributed by atoms with Gasteiger partial charge in [0.05, 0.1) is 0 Å². The van der Waals surface area contributed by atoms with Gasteiger partial charge in [-0.25, -0.2) is 0 Å². The van der Waals surface area contributed by atoms with E-state index in [1.807, 2.05) is 5.92 Å².